The molecule has 0 heterocycles. The molecule has 1 nitrogen and oxygen atoms in total. The third kappa shape index (κ3) is 2.37. The van der Waals surface area contributed by atoms with Gasteiger partial charge < -0.3 is 5.32 Å². The van der Waals surface area contributed by atoms with Crippen molar-refractivity contribution in [2.24, 2.45) is 5.92 Å². The first-order valence-electron chi connectivity index (χ1n) is 5.71. The summed E-state index contributed by atoms with van der Waals surface area (Å²) in [5.41, 5.74) is 1.83. The van der Waals surface area contributed by atoms with Gasteiger partial charge in [0.05, 0.1) is 0 Å². The molecule has 1 aliphatic carbocycles. The Morgan fingerprint density at radius 1 is 1.47 bits per heavy atom. The number of hydrogen-bond acceptors (Lipinski definition) is 1. The summed E-state index contributed by atoms with van der Waals surface area (Å²) in [7, 11) is 0. The Labute approximate surface area is 90.7 Å². The second-order valence-electron chi connectivity index (χ2n) is 4.40. The van der Waals surface area contributed by atoms with E-state index in [0.29, 0.717) is 5.92 Å². The highest BCUT2D eigenvalue weighted by molar-refractivity contribution is 5.27. The van der Waals surface area contributed by atoms with Crippen molar-refractivity contribution in [1.82, 2.24) is 5.32 Å². The molecule has 1 atom stereocenters. The second-order valence-corrected chi connectivity index (χ2v) is 4.40. The molecule has 2 heteroatoms. The third-order valence-electron chi connectivity index (χ3n) is 3.01. The largest absolute Gasteiger partial charge is 0.310 e. The Hall–Kier alpha value is -0.890. The summed E-state index contributed by atoms with van der Waals surface area (Å²) in [6.07, 6.45) is 2.45. The van der Waals surface area contributed by atoms with Gasteiger partial charge in [0.25, 0.3) is 0 Å². The first kappa shape index (κ1) is 10.6. The van der Waals surface area contributed by atoms with Crippen LogP contribution in [0.3, 0.4) is 0 Å². The number of nitrogens with one attached hydrogen (secondary N) is 1. The molecule has 1 aliphatic rings. The topological polar surface area (TPSA) is 12.0 Å². The fourth-order valence-corrected chi connectivity index (χ4v) is 2.06. The van der Waals surface area contributed by atoms with Crippen LogP contribution in [0, 0.1) is 18.7 Å². The zero-order valence-corrected chi connectivity index (χ0v) is 9.39. The van der Waals surface area contributed by atoms with Gasteiger partial charge >= 0.3 is 0 Å². The SMILES string of the molecule is CCNC(c1ccc(C)cc1F)C1CC1. The van der Waals surface area contributed by atoms with Gasteiger partial charge in [-0.2, -0.15) is 0 Å². The molecule has 1 fully saturated rings. The molecule has 0 saturated heterocycles. The maximum absolute atomic E-state index is 13.8. The molecule has 82 valence electrons. The molecule has 2 rings (SSSR count). The molecule has 1 aromatic rings. The molecule has 1 N–H and O–H groups in total. The van der Waals surface area contributed by atoms with Crippen molar-refractivity contribution in [2.45, 2.75) is 32.7 Å². The summed E-state index contributed by atoms with van der Waals surface area (Å²) in [6.45, 7) is 4.89. The Kier molecular flexibility index (Phi) is 3.06. The highest BCUT2D eigenvalue weighted by Gasteiger charge is 2.32. The van der Waals surface area contributed by atoms with Crippen molar-refractivity contribution in [2.75, 3.05) is 6.54 Å². The highest BCUT2D eigenvalue weighted by Crippen LogP contribution is 2.41. The molecule has 15 heavy (non-hydrogen) atoms. The third-order valence-corrected chi connectivity index (χ3v) is 3.01. The minimum atomic E-state index is -0.0622. The Morgan fingerprint density at radius 2 is 2.20 bits per heavy atom. The highest BCUT2D eigenvalue weighted by atomic mass is 19.1. The molecule has 0 aliphatic heterocycles. The van der Waals surface area contributed by atoms with E-state index in [2.05, 4.69) is 12.2 Å². The quantitative estimate of drug-likeness (QED) is 0.799. The maximum Gasteiger partial charge on any atom is 0.128 e. The van der Waals surface area contributed by atoms with E-state index in [1.807, 2.05) is 19.1 Å². The van der Waals surface area contributed by atoms with Crippen molar-refractivity contribution in [1.29, 1.82) is 0 Å². The van der Waals surface area contributed by atoms with Crippen LogP contribution in [-0.4, -0.2) is 6.54 Å². The van der Waals surface area contributed by atoms with E-state index in [1.54, 1.807) is 6.07 Å². The summed E-state index contributed by atoms with van der Waals surface area (Å²) in [4.78, 5) is 0. The zero-order valence-electron chi connectivity index (χ0n) is 9.39. The molecule has 0 aromatic heterocycles. The van der Waals surface area contributed by atoms with Gasteiger partial charge in [0.15, 0.2) is 0 Å². The fraction of sp³-hybridized carbons (Fsp3) is 0.538. The number of aryl methyl sites for hydroxylation is 1. The van der Waals surface area contributed by atoms with Crippen LogP contribution in [0.1, 0.15) is 36.9 Å². The van der Waals surface area contributed by atoms with Crippen LogP contribution in [0.4, 0.5) is 4.39 Å². The van der Waals surface area contributed by atoms with E-state index in [9.17, 15) is 4.39 Å². The molecular formula is C13H18FN. The van der Waals surface area contributed by atoms with Gasteiger partial charge in [-0.25, -0.2) is 4.39 Å². The standard InChI is InChI=1S/C13H18FN/c1-3-15-13(10-5-6-10)11-7-4-9(2)8-12(11)14/h4,7-8,10,13,15H,3,5-6H2,1-2H3. The molecule has 0 amide bonds. The maximum atomic E-state index is 13.8. The molecule has 0 radical (unpaired) electrons. The molecule has 1 aromatic carbocycles. The van der Waals surface area contributed by atoms with Crippen LogP contribution in [0.15, 0.2) is 18.2 Å². The van der Waals surface area contributed by atoms with Gasteiger partial charge in [-0.15, -0.1) is 0 Å². The number of rotatable bonds is 4. The molecular weight excluding hydrogens is 189 g/mol. The predicted molar refractivity (Wildman–Crippen MR) is 60.3 cm³/mol. The second kappa shape index (κ2) is 4.31. The van der Waals surface area contributed by atoms with Crippen molar-refractivity contribution in [3.8, 4) is 0 Å². The summed E-state index contributed by atoms with van der Waals surface area (Å²) in [6, 6.07) is 5.76. The number of benzene rings is 1. The summed E-state index contributed by atoms with van der Waals surface area (Å²) >= 11 is 0. The summed E-state index contributed by atoms with van der Waals surface area (Å²) in [5.74, 6) is 0.579. The number of halogens is 1. The van der Waals surface area contributed by atoms with Crippen LogP contribution in [0.2, 0.25) is 0 Å². The van der Waals surface area contributed by atoms with Crippen LogP contribution in [-0.2, 0) is 0 Å². The van der Waals surface area contributed by atoms with E-state index in [4.69, 9.17) is 0 Å². The van der Waals surface area contributed by atoms with Gasteiger partial charge in [0.1, 0.15) is 5.82 Å². The van der Waals surface area contributed by atoms with Gasteiger partial charge in [0.2, 0.25) is 0 Å². The van der Waals surface area contributed by atoms with Gasteiger partial charge in [-0.1, -0.05) is 19.1 Å². The minimum Gasteiger partial charge on any atom is -0.310 e. The lowest BCUT2D eigenvalue weighted by Gasteiger charge is -2.18. The smallest absolute Gasteiger partial charge is 0.128 e. The van der Waals surface area contributed by atoms with E-state index < -0.39 is 0 Å². The lowest BCUT2D eigenvalue weighted by molar-refractivity contribution is 0.468. The Bertz CT molecular complexity index is 344. The van der Waals surface area contributed by atoms with Crippen molar-refractivity contribution in [3.05, 3.63) is 35.1 Å². The average molecular weight is 207 g/mol. The average Bonchev–Trinajstić information content (AvgIpc) is 2.98. The van der Waals surface area contributed by atoms with Crippen LogP contribution < -0.4 is 5.32 Å². The molecule has 0 bridgehead atoms. The fourth-order valence-electron chi connectivity index (χ4n) is 2.06. The van der Waals surface area contributed by atoms with Crippen LogP contribution in [0.5, 0.6) is 0 Å². The zero-order chi connectivity index (χ0) is 10.8. The van der Waals surface area contributed by atoms with Crippen LogP contribution >= 0.6 is 0 Å². The molecule has 0 spiro atoms. The van der Waals surface area contributed by atoms with E-state index in [-0.39, 0.29) is 11.9 Å². The van der Waals surface area contributed by atoms with Gasteiger partial charge in [-0.05, 0) is 43.9 Å². The van der Waals surface area contributed by atoms with Crippen molar-refractivity contribution in [3.63, 3.8) is 0 Å². The first-order valence-corrected chi connectivity index (χ1v) is 5.71. The minimum absolute atomic E-state index is 0.0622. The Morgan fingerprint density at radius 3 is 2.73 bits per heavy atom. The lowest BCUT2D eigenvalue weighted by Crippen LogP contribution is -2.23. The van der Waals surface area contributed by atoms with Gasteiger partial charge in [-0.3, -0.25) is 0 Å². The predicted octanol–water partition coefficient (Wildman–Crippen LogP) is 3.19. The van der Waals surface area contributed by atoms with E-state index in [0.717, 1.165) is 17.7 Å². The van der Waals surface area contributed by atoms with E-state index >= 15 is 0 Å². The van der Waals surface area contributed by atoms with Crippen molar-refractivity contribution >= 4 is 0 Å². The number of hydrogen-bond donors (Lipinski definition) is 1. The van der Waals surface area contributed by atoms with E-state index in [1.165, 1.54) is 12.8 Å². The monoisotopic (exact) mass is 207 g/mol. The summed E-state index contributed by atoms with van der Waals surface area (Å²) in [5, 5.41) is 3.38. The van der Waals surface area contributed by atoms with Gasteiger partial charge in [0, 0.05) is 11.6 Å². The first-order chi connectivity index (χ1) is 7.22. The van der Waals surface area contributed by atoms with Crippen LogP contribution in [0.25, 0.3) is 0 Å². The molecule has 1 saturated carbocycles. The Balaban J connectivity index is 2.24. The summed E-state index contributed by atoms with van der Waals surface area (Å²) < 4.78 is 13.8. The molecule has 1 unspecified atom stereocenters. The van der Waals surface area contributed by atoms with Crippen molar-refractivity contribution < 1.29 is 4.39 Å². The lowest BCUT2D eigenvalue weighted by atomic mass is 10.0. The normalized spacial score (nSPS) is 17.8.